The highest BCUT2D eigenvalue weighted by atomic mass is 16.3. The van der Waals surface area contributed by atoms with Crippen LogP contribution in [0.5, 0.6) is 0 Å². The maximum atomic E-state index is 11.7. The molecule has 1 aromatic carbocycles. The van der Waals surface area contributed by atoms with Crippen LogP contribution in [0.1, 0.15) is 24.2 Å². The van der Waals surface area contributed by atoms with Gasteiger partial charge < -0.3 is 5.11 Å². The van der Waals surface area contributed by atoms with Gasteiger partial charge in [-0.2, -0.15) is 0 Å². The summed E-state index contributed by atoms with van der Waals surface area (Å²) in [5.41, 5.74) is -0.499. The number of ketones is 1. The smallest absolute Gasteiger partial charge is 0.211 e. The molecule has 0 aliphatic heterocycles. The molecule has 0 aliphatic rings. The van der Waals surface area contributed by atoms with E-state index in [2.05, 4.69) is 5.11 Å². The van der Waals surface area contributed by atoms with Crippen molar-refractivity contribution in [3.05, 3.63) is 35.9 Å². The molecular formula is C10H12O2. The minimum Gasteiger partial charge on any atom is -0.382 e. The molecule has 1 rings (SSSR count). The monoisotopic (exact) mass is 166 g/mol. The van der Waals surface area contributed by atoms with Gasteiger partial charge in [-0.3, -0.25) is 4.79 Å². The highest BCUT2D eigenvalue weighted by molar-refractivity contribution is 6.01. The third kappa shape index (κ3) is 1.92. The second kappa shape index (κ2) is 3.07. The zero-order valence-electron chi connectivity index (χ0n) is 8.20. The van der Waals surface area contributed by atoms with E-state index < -0.39 is 5.60 Å². The standard InChI is InChI=1S/C10H12O2/c1-10(2,12)9(11)8-6-4-3-5-7-8/h3-7,12H,1-2H3/i12T. The van der Waals surface area contributed by atoms with Gasteiger partial charge in [-0.1, -0.05) is 30.3 Å². The SMILES string of the molecule is [3H]OC(C)(C)C(=O)c1ccccc1. The van der Waals surface area contributed by atoms with E-state index in [9.17, 15) is 4.79 Å². The first-order valence-electron chi connectivity index (χ1n) is 4.23. The highest BCUT2D eigenvalue weighted by Crippen LogP contribution is 2.11. The second-order valence-electron chi connectivity index (χ2n) is 3.21. The van der Waals surface area contributed by atoms with Crippen LogP contribution in [0.3, 0.4) is 0 Å². The Bertz CT molecular complexity index is 293. The molecular weight excluding hydrogens is 152 g/mol. The van der Waals surface area contributed by atoms with Crippen LogP contribution in [-0.4, -0.2) is 17.9 Å². The molecule has 1 aromatic rings. The van der Waals surface area contributed by atoms with Crippen LogP contribution in [-0.2, 0) is 0 Å². The van der Waals surface area contributed by atoms with Crippen LogP contribution < -0.4 is 0 Å². The molecule has 0 spiro atoms. The number of benzene rings is 1. The molecule has 1 N–H and O–H groups in total. The summed E-state index contributed by atoms with van der Waals surface area (Å²) in [4.78, 5) is 11.7. The van der Waals surface area contributed by atoms with Crippen molar-refractivity contribution < 1.29 is 9.90 Å². The van der Waals surface area contributed by atoms with E-state index in [1.165, 1.54) is 0 Å². The van der Waals surface area contributed by atoms with Crippen molar-refractivity contribution in [3.8, 4) is 0 Å². The Morgan fingerprint density at radius 2 is 2.00 bits per heavy atom. The van der Waals surface area contributed by atoms with Gasteiger partial charge in [0, 0.05) is 5.56 Å². The topological polar surface area (TPSA) is 37.3 Å². The van der Waals surface area contributed by atoms with Gasteiger partial charge in [0.2, 0.25) is 1.43 Å². The molecule has 12 heavy (non-hydrogen) atoms. The lowest BCUT2D eigenvalue weighted by Crippen LogP contribution is -2.30. The second-order valence-corrected chi connectivity index (χ2v) is 3.21. The van der Waals surface area contributed by atoms with Crippen molar-refractivity contribution in [1.82, 2.24) is 0 Å². The van der Waals surface area contributed by atoms with Crippen molar-refractivity contribution in [2.75, 3.05) is 0 Å². The fourth-order valence-corrected chi connectivity index (χ4v) is 0.937. The average molecular weight is 166 g/mol. The van der Waals surface area contributed by atoms with Crippen LogP contribution in [0, 0.1) is 0 Å². The number of rotatable bonds is 3. The molecule has 0 unspecified atom stereocenters. The molecule has 0 atom stereocenters. The molecule has 0 heterocycles. The largest absolute Gasteiger partial charge is 0.382 e. The summed E-state index contributed by atoms with van der Waals surface area (Å²) in [7, 11) is 0. The minimum absolute atomic E-state index is 0.178. The molecule has 2 nitrogen and oxygen atoms in total. The summed E-state index contributed by atoms with van der Waals surface area (Å²) < 4.78 is 6.76. The van der Waals surface area contributed by atoms with Gasteiger partial charge in [-0.05, 0) is 13.8 Å². The van der Waals surface area contributed by atoms with E-state index in [1.54, 1.807) is 38.1 Å². The zero-order valence-corrected chi connectivity index (χ0v) is 7.20. The molecule has 2 heteroatoms. The summed E-state index contributed by atoms with van der Waals surface area (Å²) in [6, 6.07) is 8.83. The Kier molecular flexibility index (Phi) is 1.92. The van der Waals surface area contributed by atoms with Crippen LogP contribution >= 0.6 is 0 Å². The molecule has 0 radical (unpaired) electrons. The predicted octanol–water partition coefficient (Wildman–Crippen LogP) is 1.64. The van der Waals surface area contributed by atoms with E-state index >= 15 is 0 Å². The van der Waals surface area contributed by atoms with Crippen LogP contribution in [0.15, 0.2) is 30.3 Å². The minimum atomic E-state index is -1.07. The van der Waals surface area contributed by atoms with Gasteiger partial charge in [-0.25, -0.2) is 0 Å². The molecule has 0 aliphatic carbocycles. The van der Waals surface area contributed by atoms with Gasteiger partial charge >= 0.3 is 0 Å². The molecule has 0 amide bonds. The van der Waals surface area contributed by atoms with E-state index in [0.29, 0.717) is 5.56 Å². The Balaban J connectivity index is 2.93. The molecule has 0 saturated carbocycles. The van der Waals surface area contributed by atoms with Crippen molar-refractivity contribution in [2.24, 2.45) is 0 Å². The van der Waals surface area contributed by atoms with Gasteiger partial charge in [-0.15, -0.1) is 0 Å². The maximum Gasteiger partial charge on any atom is 0.211 e. The lowest BCUT2D eigenvalue weighted by molar-refractivity contribution is 0.0488. The third-order valence-electron chi connectivity index (χ3n) is 1.58. The Hall–Kier alpha value is -1.15. The number of hydrogen-bond donors (Lipinski definition) is 1. The van der Waals surface area contributed by atoms with Crippen LogP contribution in [0.25, 0.3) is 0 Å². The Morgan fingerprint density at radius 1 is 1.42 bits per heavy atom. The first kappa shape index (κ1) is 7.50. The van der Waals surface area contributed by atoms with Crippen molar-refractivity contribution in [2.45, 2.75) is 19.4 Å². The van der Waals surface area contributed by atoms with Gasteiger partial charge in [0.1, 0.15) is 5.60 Å². The zero-order chi connectivity index (χ0) is 9.90. The first-order chi connectivity index (χ1) is 6.08. The highest BCUT2D eigenvalue weighted by Gasteiger charge is 2.24. The van der Waals surface area contributed by atoms with Gasteiger partial charge in [0.25, 0.3) is 0 Å². The average Bonchev–Trinajstić information content (AvgIpc) is 2.18. The quantitative estimate of drug-likeness (QED) is 0.693. The number of hydrogen-bond acceptors (Lipinski definition) is 2. The molecule has 0 aromatic heterocycles. The van der Waals surface area contributed by atoms with Crippen molar-refractivity contribution in [3.63, 3.8) is 0 Å². The van der Waals surface area contributed by atoms with Crippen molar-refractivity contribution in [1.29, 1.82) is 1.43 Å². The maximum absolute atomic E-state index is 11.7. The van der Waals surface area contributed by atoms with Crippen LogP contribution in [0.2, 0.25) is 0 Å². The summed E-state index contributed by atoms with van der Waals surface area (Å²) in [5.74, 6) is -0.178. The fourth-order valence-electron chi connectivity index (χ4n) is 0.937. The third-order valence-corrected chi connectivity index (χ3v) is 1.58. The number of carbonyl (C=O) groups is 1. The van der Waals surface area contributed by atoms with Gasteiger partial charge in [0.05, 0.1) is 0 Å². The molecule has 64 valence electrons. The van der Waals surface area contributed by atoms with Gasteiger partial charge in [0.15, 0.2) is 5.78 Å². The lowest BCUT2D eigenvalue weighted by atomic mass is 9.97. The molecule has 0 saturated heterocycles. The lowest BCUT2D eigenvalue weighted by Gasteiger charge is -2.14. The molecule has 0 bridgehead atoms. The summed E-state index contributed by atoms with van der Waals surface area (Å²) >= 11 is 0. The number of Topliss-reactive ketones (excluding diaryl/α,β-unsaturated/α-hetero) is 1. The number of carbonyl (C=O) groups excluding carboxylic acids is 1. The van der Waals surface area contributed by atoms with Crippen molar-refractivity contribution >= 4 is 5.78 Å². The van der Waals surface area contributed by atoms with E-state index in [0.717, 1.165) is 0 Å². The fraction of sp³-hybridized carbons (Fsp3) is 0.300. The molecule has 0 fully saturated rings. The van der Waals surface area contributed by atoms with Crippen LogP contribution in [0.4, 0.5) is 0 Å². The summed E-state index contributed by atoms with van der Waals surface area (Å²) in [6.07, 6.45) is 0. The summed E-state index contributed by atoms with van der Waals surface area (Å²) in [5, 5.41) is 4.35. The van der Waals surface area contributed by atoms with E-state index in [4.69, 9.17) is 1.43 Å². The Morgan fingerprint density at radius 3 is 2.50 bits per heavy atom. The van der Waals surface area contributed by atoms with E-state index in [-0.39, 0.29) is 5.78 Å². The number of aliphatic hydroxyl groups is 1. The predicted molar refractivity (Wildman–Crippen MR) is 47.1 cm³/mol. The Labute approximate surface area is 73.3 Å². The normalized spacial score (nSPS) is 12.3. The summed E-state index contributed by atoms with van der Waals surface area (Å²) in [6.45, 7) is 3.16. The first-order valence-corrected chi connectivity index (χ1v) is 3.82. The van der Waals surface area contributed by atoms with E-state index in [1.807, 2.05) is 6.07 Å².